The van der Waals surface area contributed by atoms with Crippen molar-refractivity contribution in [2.45, 2.75) is 26.5 Å². The Morgan fingerprint density at radius 3 is 1.88 bits per heavy atom. The molecule has 15 heteroatoms. The van der Waals surface area contributed by atoms with Crippen molar-refractivity contribution in [3.63, 3.8) is 0 Å². The van der Waals surface area contributed by atoms with E-state index < -0.39 is 61.3 Å². The maximum Gasteiger partial charge on any atom is 0.275 e. The van der Waals surface area contributed by atoms with E-state index in [-0.39, 0.29) is 38.5 Å². The molecule has 2 fully saturated rings. The molecule has 216 valence electrons. The lowest BCUT2D eigenvalue weighted by molar-refractivity contribution is -0.157. The molecule has 5 atom stereocenters. The molecular weight excluding hydrogens is 707 g/mol. The normalized spacial score (nSPS) is 28.8. The topological polar surface area (TPSA) is 74.8 Å². The molecule has 0 radical (unpaired) electrons. The Bertz CT molecular complexity index is 1490. The van der Waals surface area contributed by atoms with Gasteiger partial charge < -0.3 is 0 Å². The number of carbonyl (C=O) groups excluding carboxylic acids is 4. The summed E-state index contributed by atoms with van der Waals surface area (Å²) in [5.41, 5.74) is -0.158. The van der Waals surface area contributed by atoms with Gasteiger partial charge in [0.25, 0.3) is 17.7 Å². The Labute approximate surface area is 273 Å². The first kappa shape index (κ1) is 31.1. The van der Waals surface area contributed by atoms with Crippen LogP contribution in [0.5, 0.6) is 0 Å². The number of hydrogen-bond donors (Lipinski definition) is 0. The Morgan fingerprint density at radius 1 is 0.878 bits per heavy atom. The highest BCUT2D eigenvalue weighted by atomic mass is 35.5. The molecule has 3 aliphatic rings. The average molecular weight is 722 g/mol. The molecule has 0 spiro atoms. The summed E-state index contributed by atoms with van der Waals surface area (Å²) in [5.74, 6) is -7.79. The van der Waals surface area contributed by atoms with Gasteiger partial charge >= 0.3 is 0 Å². The fraction of sp³-hybridized carbons (Fsp3) is 0.308. The molecule has 3 amide bonds. The summed E-state index contributed by atoms with van der Waals surface area (Å²) in [7, 11) is 0. The molecule has 0 unspecified atom stereocenters. The number of amides is 3. The van der Waals surface area contributed by atoms with E-state index in [0.717, 1.165) is 12.1 Å². The Hall–Kier alpha value is -1.29. The molecule has 2 aromatic rings. The summed E-state index contributed by atoms with van der Waals surface area (Å²) in [4.78, 5) is 51.9. The maximum atomic E-state index is 14.1. The molecule has 0 aromatic heterocycles. The molecule has 6 nitrogen and oxygen atoms in total. The zero-order valence-corrected chi connectivity index (χ0v) is 26.2. The zero-order chi connectivity index (χ0) is 30.2. The van der Waals surface area contributed by atoms with Gasteiger partial charge in [-0.25, -0.2) is 9.40 Å². The van der Waals surface area contributed by atoms with Gasteiger partial charge in [0.05, 0.1) is 32.5 Å². The van der Waals surface area contributed by atoms with E-state index in [9.17, 15) is 23.6 Å². The zero-order valence-electron chi connectivity index (χ0n) is 20.2. The third-order valence-electron chi connectivity index (χ3n) is 7.52. The van der Waals surface area contributed by atoms with Crippen molar-refractivity contribution in [1.82, 2.24) is 10.0 Å². The van der Waals surface area contributed by atoms with Gasteiger partial charge in [0.1, 0.15) is 21.6 Å². The summed E-state index contributed by atoms with van der Waals surface area (Å²) >= 11 is 51.9. The summed E-state index contributed by atoms with van der Waals surface area (Å²) < 4.78 is 11.4. The van der Waals surface area contributed by atoms with Crippen LogP contribution in [0, 0.1) is 17.7 Å². The van der Waals surface area contributed by atoms with Crippen LogP contribution in [0.25, 0.3) is 0 Å². The Balaban J connectivity index is 1.69. The van der Waals surface area contributed by atoms with E-state index in [2.05, 4.69) is 0 Å². The van der Waals surface area contributed by atoms with Crippen molar-refractivity contribution in [2.24, 2.45) is 11.8 Å². The molecule has 1 heterocycles. The van der Waals surface area contributed by atoms with Crippen LogP contribution in [0.2, 0.25) is 5.02 Å². The average Bonchev–Trinajstić information content (AvgIpc) is 3.32. The van der Waals surface area contributed by atoms with E-state index in [0.29, 0.717) is 10.0 Å². The van der Waals surface area contributed by atoms with E-state index in [1.807, 2.05) is 0 Å². The molecule has 5 rings (SSSR count). The van der Waals surface area contributed by atoms with Gasteiger partial charge in [-0.15, -0.1) is 34.8 Å². The third-order valence-corrected chi connectivity index (χ3v) is 12.3. The number of halogens is 9. The van der Waals surface area contributed by atoms with E-state index in [1.165, 1.54) is 30.3 Å². The molecule has 1 saturated carbocycles. The largest absolute Gasteiger partial charge is 0.292 e. The lowest BCUT2D eigenvalue weighted by Gasteiger charge is -2.39. The van der Waals surface area contributed by atoms with Crippen molar-refractivity contribution in [3.8, 4) is 0 Å². The van der Waals surface area contributed by atoms with Crippen LogP contribution in [0.15, 0.2) is 58.6 Å². The predicted molar refractivity (Wildman–Crippen MR) is 157 cm³/mol. The van der Waals surface area contributed by atoms with E-state index in [1.54, 1.807) is 6.07 Å². The number of hydrazine groups is 1. The minimum Gasteiger partial charge on any atom is -0.292 e. The van der Waals surface area contributed by atoms with Crippen molar-refractivity contribution >= 4 is 116 Å². The van der Waals surface area contributed by atoms with Crippen molar-refractivity contribution in [1.29, 1.82) is 0 Å². The van der Waals surface area contributed by atoms with E-state index >= 15 is 0 Å². The quantitative estimate of drug-likeness (QED) is 0.173. The number of hydrogen-bond acceptors (Lipinski definition) is 4. The number of nitrogens with zero attached hydrogens (tertiary/aromatic N) is 2. The summed E-state index contributed by atoms with van der Waals surface area (Å²) in [5, 5.41) is 0.472. The molecule has 0 N–H and O–H groups in total. The first-order valence-electron chi connectivity index (χ1n) is 11.8. The van der Waals surface area contributed by atoms with Crippen molar-refractivity contribution < 1.29 is 23.6 Å². The highest BCUT2D eigenvalue weighted by Gasteiger charge is 2.88. The maximum absolute atomic E-state index is 14.1. The smallest absolute Gasteiger partial charge is 0.275 e. The fourth-order valence-corrected chi connectivity index (χ4v) is 8.95. The second kappa shape index (κ2) is 10.7. The monoisotopic (exact) mass is 718 g/mol. The summed E-state index contributed by atoms with van der Waals surface area (Å²) in [6, 6.07) is 8.75. The Morgan fingerprint density at radius 2 is 1.39 bits per heavy atom. The van der Waals surface area contributed by atoms with Crippen LogP contribution in [-0.2, 0) is 9.59 Å². The van der Waals surface area contributed by atoms with Crippen LogP contribution in [0.3, 0.4) is 0 Å². The first-order chi connectivity index (χ1) is 19.2. The fourth-order valence-electron chi connectivity index (χ4n) is 5.60. The number of carbonyl (C=O) groups is 4. The SMILES string of the molecule is O=C(c1ccc(F)cc1)[C@H](CCCl)N(C(=O)c1ccccc1Cl)N1C(=O)[C@@H]2[C@@H](C1=O)[C@@]1(Cl)C(Cl)=C(Cl)[C@@]2(Cl)C1(Cl)Cl. The van der Waals surface area contributed by atoms with E-state index in [4.69, 9.17) is 92.8 Å². The number of Topliss-reactive ketones (excluding diaryl/α,β-unsaturated/α-hetero) is 1. The highest BCUT2D eigenvalue weighted by Crippen LogP contribution is 2.77. The highest BCUT2D eigenvalue weighted by molar-refractivity contribution is 6.66. The molecule has 2 aromatic carbocycles. The molecule has 2 aliphatic carbocycles. The predicted octanol–water partition coefficient (Wildman–Crippen LogP) is 7.16. The van der Waals surface area contributed by atoms with Gasteiger partial charge in [-0.3, -0.25) is 19.2 Å². The van der Waals surface area contributed by atoms with Crippen LogP contribution >= 0.6 is 92.8 Å². The first-order valence-corrected chi connectivity index (χ1v) is 15.0. The number of imide groups is 1. The lowest BCUT2D eigenvalue weighted by Crippen LogP contribution is -2.60. The minimum atomic E-state index is -2.21. The molecule has 1 aliphatic heterocycles. The number of fused-ring (bicyclic) bond motifs is 5. The molecule has 1 saturated heterocycles. The van der Waals surface area contributed by atoms with Crippen LogP contribution in [0.1, 0.15) is 27.1 Å². The van der Waals surface area contributed by atoms with Crippen LogP contribution in [-0.4, -0.2) is 59.5 Å². The van der Waals surface area contributed by atoms with Crippen LogP contribution in [0.4, 0.5) is 4.39 Å². The molecule has 2 bridgehead atoms. The van der Waals surface area contributed by atoms with Crippen LogP contribution < -0.4 is 0 Å². The van der Waals surface area contributed by atoms with Gasteiger partial charge in [0.2, 0.25) is 0 Å². The second-order valence-corrected chi connectivity index (χ2v) is 13.6. The summed E-state index contributed by atoms with van der Waals surface area (Å²) in [6.45, 7) is 0. The number of benzene rings is 2. The minimum absolute atomic E-state index is 0.0197. The summed E-state index contributed by atoms with van der Waals surface area (Å²) in [6.07, 6.45) is -0.229. The van der Waals surface area contributed by atoms with Gasteiger partial charge in [-0.05, 0) is 42.8 Å². The number of allylic oxidation sites excluding steroid dienone is 2. The molecular formula is C26H15Cl8FN2O4. The third kappa shape index (κ3) is 4.11. The van der Waals surface area contributed by atoms with Crippen molar-refractivity contribution in [3.05, 3.63) is 80.6 Å². The molecule has 41 heavy (non-hydrogen) atoms. The van der Waals surface area contributed by atoms with Gasteiger partial charge in [-0.1, -0.05) is 70.1 Å². The van der Waals surface area contributed by atoms with Gasteiger partial charge in [0.15, 0.2) is 10.1 Å². The van der Waals surface area contributed by atoms with Gasteiger partial charge in [0, 0.05) is 11.4 Å². The number of alkyl halides is 5. The Kier molecular flexibility index (Phi) is 8.13. The lowest BCUT2D eigenvalue weighted by atomic mass is 9.84. The van der Waals surface area contributed by atoms with Crippen molar-refractivity contribution in [2.75, 3.05) is 5.88 Å². The standard InChI is InChI=1S/C26H15Cl8FN2O4/c27-10-9-15(18(38)11-5-7-12(35)8-6-11)36(21(39)13-3-1-2-4-14(13)28)37-22(40)16-17(23(37)41)25(32)20(30)19(29)24(16,31)26(25,33)34/h1-8,15-17H,9-10H2/t15-,16-,17-,24+,25+/m0/s1. The number of rotatable bonds is 7. The van der Waals surface area contributed by atoms with Gasteiger partial charge in [-0.2, -0.15) is 5.01 Å². The second-order valence-electron chi connectivity index (χ2n) is 9.56. The number of ketones is 1.